The monoisotopic (exact) mass is 417 g/mol. The van der Waals surface area contributed by atoms with Crippen molar-refractivity contribution in [3.05, 3.63) is 10.6 Å². The van der Waals surface area contributed by atoms with E-state index in [-0.39, 0.29) is 34.6 Å². The minimum atomic E-state index is -2.97. The number of hydrogen-bond acceptors (Lipinski definition) is 6. The van der Waals surface area contributed by atoms with Crippen LogP contribution < -0.4 is 0 Å². The summed E-state index contributed by atoms with van der Waals surface area (Å²) in [5, 5.41) is 19.8. The van der Waals surface area contributed by atoms with Gasteiger partial charge in [0.15, 0.2) is 0 Å². The summed E-state index contributed by atoms with van der Waals surface area (Å²) in [6.45, 7) is 3.50. The number of aliphatic hydroxyl groups is 1. The molecule has 1 aliphatic carbocycles. The summed E-state index contributed by atoms with van der Waals surface area (Å²) in [5.41, 5.74) is 0.0685. The normalized spacial score (nSPS) is 34.6. The van der Waals surface area contributed by atoms with E-state index in [0.717, 1.165) is 24.2 Å². The van der Waals surface area contributed by atoms with Crippen molar-refractivity contribution in [3.8, 4) is 0 Å². The van der Waals surface area contributed by atoms with Gasteiger partial charge in [0.25, 0.3) is 0 Å². The fraction of sp³-hybridized carbons (Fsp3) is 0.778. The molecule has 2 aliphatic heterocycles. The van der Waals surface area contributed by atoms with E-state index >= 15 is 0 Å². The maximum absolute atomic E-state index is 12.4. The van der Waals surface area contributed by atoms with Crippen LogP contribution in [0.15, 0.2) is 10.6 Å². The van der Waals surface area contributed by atoms with Gasteiger partial charge >= 0.3 is 5.97 Å². The number of carboxylic acids is 1. The van der Waals surface area contributed by atoms with Gasteiger partial charge in [-0.25, -0.2) is 13.2 Å². The van der Waals surface area contributed by atoms with Crippen molar-refractivity contribution in [3.63, 3.8) is 0 Å². The van der Waals surface area contributed by atoms with Gasteiger partial charge in [-0.3, -0.25) is 4.79 Å². The summed E-state index contributed by atoms with van der Waals surface area (Å²) in [5.74, 6) is -1.54. The third-order valence-electron chi connectivity index (χ3n) is 5.99. The molecule has 0 aromatic heterocycles. The second kappa shape index (κ2) is 7.40. The van der Waals surface area contributed by atoms with Crippen molar-refractivity contribution in [2.75, 3.05) is 12.0 Å². The highest BCUT2D eigenvalue weighted by molar-refractivity contribution is 8.03. The first-order chi connectivity index (χ1) is 12.5. The summed E-state index contributed by atoms with van der Waals surface area (Å²) in [4.78, 5) is 26.3. The molecular formula is C18H27NO6S2. The van der Waals surface area contributed by atoms with E-state index in [0.29, 0.717) is 12.3 Å². The van der Waals surface area contributed by atoms with Crippen molar-refractivity contribution >= 4 is 33.5 Å². The predicted molar refractivity (Wildman–Crippen MR) is 103 cm³/mol. The average Bonchev–Trinajstić information content (AvgIpc) is 3.07. The van der Waals surface area contributed by atoms with Crippen molar-refractivity contribution in [1.82, 2.24) is 4.90 Å². The predicted octanol–water partition coefficient (Wildman–Crippen LogP) is 1.48. The fourth-order valence-electron chi connectivity index (χ4n) is 4.64. The molecule has 6 atom stereocenters. The summed E-state index contributed by atoms with van der Waals surface area (Å²) in [6, 6.07) is -0.284. The number of aliphatic hydroxyl groups excluding tert-OH is 1. The van der Waals surface area contributed by atoms with Crippen LogP contribution in [0.3, 0.4) is 0 Å². The van der Waals surface area contributed by atoms with Gasteiger partial charge in [-0.1, -0.05) is 6.92 Å². The van der Waals surface area contributed by atoms with Gasteiger partial charge in [0.1, 0.15) is 15.5 Å². The van der Waals surface area contributed by atoms with E-state index in [4.69, 9.17) is 0 Å². The lowest BCUT2D eigenvalue weighted by Gasteiger charge is -2.46. The molecule has 0 bridgehead atoms. The number of amides is 1. The standard InChI is InChI=1S/C18H27NO6S2/c1-9-14-13(10(2)20)17(21)19(14)15(18(22)23)16(9)26-12-5-4-11(8-12)6-7-27(3,24)25/h9-14,20H,4-8H2,1-3H3,(H,22,23)/t9-,10-,11-,12-,13-,14-/m1/s1. The Balaban J connectivity index is 1.71. The molecule has 1 saturated heterocycles. The molecule has 1 amide bonds. The lowest BCUT2D eigenvalue weighted by Crippen LogP contribution is -2.63. The molecule has 27 heavy (non-hydrogen) atoms. The average molecular weight is 418 g/mol. The number of sulfone groups is 1. The molecule has 152 valence electrons. The van der Waals surface area contributed by atoms with Gasteiger partial charge in [0.05, 0.1) is 23.8 Å². The van der Waals surface area contributed by atoms with Crippen LogP contribution in [0.25, 0.3) is 0 Å². The Labute approximate surface area is 164 Å². The SMILES string of the molecule is C[C@@H](O)[C@H]1C(=O)N2C(C(=O)O)=C(S[C@@H]3CC[C@H](CCS(C)(=O)=O)C3)[C@H](C)[C@H]12. The Morgan fingerprint density at radius 3 is 2.59 bits per heavy atom. The van der Waals surface area contributed by atoms with Crippen LogP contribution in [0.5, 0.6) is 0 Å². The second-order valence-electron chi connectivity index (χ2n) is 8.11. The van der Waals surface area contributed by atoms with E-state index in [9.17, 15) is 28.2 Å². The van der Waals surface area contributed by atoms with Crippen LogP contribution in [0.4, 0.5) is 0 Å². The summed E-state index contributed by atoms with van der Waals surface area (Å²) < 4.78 is 22.7. The van der Waals surface area contributed by atoms with E-state index in [1.54, 1.807) is 6.92 Å². The van der Waals surface area contributed by atoms with E-state index in [2.05, 4.69) is 0 Å². The number of carbonyl (C=O) groups is 2. The molecule has 2 N–H and O–H groups in total. The van der Waals surface area contributed by atoms with E-state index < -0.39 is 27.8 Å². The quantitative estimate of drug-likeness (QED) is 0.603. The number of fused-ring (bicyclic) bond motifs is 1. The molecule has 0 aromatic carbocycles. The molecule has 1 saturated carbocycles. The Morgan fingerprint density at radius 1 is 1.37 bits per heavy atom. The first-order valence-corrected chi connectivity index (χ1v) is 12.3. The van der Waals surface area contributed by atoms with Crippen molar-refractivity contribution in [2.45, 2.75) is 56.9 Å². The van der Waals surface area contributed by atoms with Gasteiger partial charge < -0.3 is 15.1 Å². The number of nitrogens with zero attached hydrogens (tertiary/aromatic N) is 1. The third-order valence-corrected chi connectivity index (χ3v) is 8.55. The van der Waals surface area contributed by atoms with Crippen LogP contribution >= 0.6 is 11.8 Å². The van der Waals surface area contributed by atoms with Crippen molar-refractivity contribution in [1.29, 1.82) is 0 Å². The van der Waals surface area contributed by atoms with Gasteiger partial charge in [-0.05, 0) is 38.5 Å². The van der Waals surface area contributed by atoms with Gasteiger partial charge in [0.2, 0.25) is 5.91 Å². The Morgan fingerprint density at radius 2 is 2.04 bits per heavy atom. The van der Waals surface area contributed by atoms with Gasteiger partial charge in [-0.2, -0.15) is 0 Å². The number of thioether (sulfide) groups is 1. The number of hydrogen-bond donors (Lipinski definition) is 2. The van der Waals surface area contributed by atoms with Crippen molar-refractivity contribution in [2.24, 2.45) is 17.8 Å². The zero-order valence-corrected chi connectivity index (χ0v) is 17.4. The second-order valence-corrected chi connectivity index (χ2v) is 11.7. The highest BCUT2D eigenvalue weighted by Gasteiger charge is 2.60. The highest BCUT2D eigenvalue weighted by Crippen LogP contribution is 2.53. The van der Waals surface area contributed by atoms with E-state index in [1.807, 2.05) is 6.92 Å². The number of carboxylic acid groups (broad SMARTS) is 1. The molecule has 0 radical (unpaired) electrons. The summed E-state index contributed by atoms with van der Waals surface area (Å²) in [6.07, 6.45) is 3.82. The number of β-lactam (4-membered cyclic amide) rings is 1. The fourth-order valence-corrected chi connectivity index (χ4v) is 7.03. The largest absolute Gasteiger partial charge is 0.477 e. The highest BCUT2D eigenvalue weighted by atomic mass is 32.2. The zero-order valence-electron chi connectivity index (χ0n) is 15.8. The lowest BCUT2D eigenvalue weighted by molar-refractivity contribution is -0.163. The minimum absolute atomic E-state index is 0.0685. The molecular weight excluding hydrogens is 390 g/mol. The van der Waals surface area contributed by atoms with Gasteiger partial charge in [-0.15, -0.1) is 11.8 Å². The van der Waals surface area contributed by atoms with Crippen molar-refractivity contribution < 1.29 is 28.2 Å². The first kappa shape index (κ1) is 20.7. The zero-order chi connectivity index (χ0) is 20.1. The Kier molecular flexibility index (Phi) is 5.67. The Hall–Kier alpha value is -1.06. The molecule has 0 spiro atoms. The summed E-state index contributed by atoms with van der Waals surface area (Å²) >= 11 is 1.53. The van der Waals surface area contributed by atoms with Crippen LogP contribution in [0, 0.1) is 17.8 Å². The molecule has 7 nitrogen and oxygen atoms in total. The molecule has 3 rings (SSSR count). The molecule has 9 heteroatoms. The number of rotatable bonds is 7. The van der Waals surface area contributed by atoms with Crippen LogP contribution in [0.2, 0.25) is 0 Å². The molecule has 0 unspecified atom stereocenters. The van der Waals surface area contributed by atoms with E-state index in [1.165, 1.54) is 22.9 Å². The third kappa shape index (κ3) is 3.91. The first-order valence-electron chi connectivity index (χ1n) is 9.34. The summed E-state index contributed by atoms with van der Waals surface area (Å²) in [7, 11) is -2.97. The number of carbonyl (C=O) groups excluding carboxylic acids is 1. The minimum Gasteiger partial charge on any atom is -0.477 e. The number of aliphatic carboxylic acids is 1. The topological polar surface area (TPSA) is 112 Å². The lowest BCUT2D eigenvalue weighted by atomic mass is 9.79. The maximum atomic E-state index is 12.4. The van der Waals surface area contributed by atoms with Gasteiger partial charge in [0, 0.05) is 22.3 Å². The van der Waals surface area contributed by atoms with Crippen LogP contribution in [-0.4, -0.2) is 64.8 Å². The molecule has 0 aromatic rings. The molecule has 2 heterocycles. The Bertz CT molecular complexity index is 775. The van der Waals surface area contributed by atoms with Crippen LogP contribution in [0.1, 0.15) is 39.5 Å². The maximum Gasteiger partial charge on any atom is 0.353 e. The smallest absolute Gasteiger partial charge is 0.353 e. The molecule has 3 aliphatic rings. The van der Waals surface area contributed by atoms with Crippen LogP contribution in [-0.2, 0) is 19.4 Å². The molecule has 2 fully saturated rings.